The summed E-state index contributed by atoms with van der Waals surface area (Å²) >= 11 is 1.50. The first kappa shape index (κ1) is 22.1. The number of hydrogen-bond acceptors (Lipinski definition) is 5. The van der Waals surface area contributed by atoms with Crippen molar-refractivity contribution < 1.29 is 14.4 Å². The summed E-state index contributed by atoms with van der Waals surface area (Å²) in [5.41, 5.74) is 3.82. The first-order valence-electron chi connectivity index (χ1n) is 11.2. The van der Waals surface area contributed by atoms with Crippen molar-refractivity contribution >= 4 is 44.2 Å². The summed E-state index contributed by atoms with van der Waals surface area (Å²) in [5, 5.41) is 5.53. The van der Waals surface area contributed by atoms with E-state index < -0.39 is 6.04 Å². The molecular formula is C25H25N5O3S. The van der Waals surface area contributed by atoms with E-state index in [4.69, 9.17) is 4.98 Å². The van der Waals surface area contributed by atoms with Crippen LogP contribution in [0.2, 0.25) is 0 Å². The zero-order valence-corrected chi connectivity index (χ0v) is 19.8. The zero-order chi connectivity index (χ0) is 23.8. The molecule has 1 saturated heterocycles. The van der Waals surface area contributed by atoms with Crippen molar-refractivity contribution in [3.63, 3.8) is 0 Å². The number of likely N-dealkylation sites (N-methyl/N-ethyl adjacent to an activating group) is 1. The van der Waals surface area contributed by atoms with Crippen LogP contribution in [0.15, 0.2) is 48.7 Å². The molecule has 2 N–H and O–H groups in total. The smallest absolute Gasteiger partial charge is 0.251 e. The van der Waals surface area contributed by atoms with Crippen LogP contribution < -0.4 is 10.6 Å². The molecule has 3 amide bonds. The molecule has 9 heteroatoms. The Balaban J connectivity index is 1.38. The van der Waals surface area contributed by atoms with E-state index in [1.165, 1.54) is 11.3 Å². The Bertz CT molecular complexity index is 1410. The van der Waals surface area contributed by atoms with Gasteiger partial charge in [0.05, 0.1) is 15.9 Å². The SMILES string of the molecule is CNC(=O)c1ccc(-c2cn3c(n2)sc2cc(C(=O)N[C@H]4CCCCN(C)C4=O)ccc23)cc1. The van der Waals surface area contributed by atoms with Gasteiger partial charge in [-0.15, -0.1) is 0 Å². The summed E-state index contributed by atoms with van der Waals surface area (Å²) in [5.74, 6) is -0.394. The number of amides is 3. The Kier molecular flexibility index (Phi) is 5.79. The Hall–Kier alpha value is -3.72. The summed E-state index contributed by atoms with van der Waals surface area (Å²) in [6.07, 6.45) is 4.49. The standard InChI is InChI=1S/C25H25N5O3S/c1-26-22(31)16-8-6-15(7-9-16)19-14-30-20-11-10-17(13-21(20)34-25(30)28-19)23(32)27-18-5-3-4-12-29(2)24(18)33/h6-11,13-14,18H,3-5,12H2,1-2H3,(H,26,31)(H,27,32)/t18-/m0/s1. The maximum Gasteiger partial charge on any atom is 0.251 e. The monoisotopic (exact) mass is 475 g/mol. The first-order chi connectivity index (χ1) is 16.4. The molecular weight excluding hydrogens is 450 g/mol. The highest BCUT2D eigenvalue weighted by Gasteiger charge is 2.26. The molecule has 1 fully saturated rings. The van der Waals surface area contributed by atoms with E-state index in [0.717, 1.165) is 45.8 Å². The number of hydrogen-bond donors (Lipinski definition) is 2. The summed E-state index contributed by atoms with van der Waals surface area (Å²) in [4.78, 5) is 44.4. The molecule has 0 aliphatic carbocycles. The van der Waals surface area contributed by atoms with E-state index in [1.807, 2.05) is 34.9 Å². The van der Waals surface area contributed by atoms with Gasteiger partial charge in [-0.2, -0.15) is 0 Å². The van der Waals surface area contributed by atoms with Crippen LogP contribution in [0.3, 0.4) is 0 Å². The summed E-state index contributed by atoms with van der Waals surface area (Å²) in [6, 6.07) is 12.4. The molecule has 2 aromatic heterocycles. The van der Waals surface area contributed by atoms with Crippen LogP contribution >= 0.6 is 11.3 Å². The minimum atomic E-state index is -0.478. The van der Waals surface area contributed by atoms with Crippen molar-refractivity contribution in [2.24, 2.45) is 0 Å². The Morgan fingerprint density at radius 1 is 1.06 bits per heavy atom. The van der Waals surface area contributed by atoms with Crippen LogP contribution in [0.4, 0.5) is 0 Å². The van der Waals surface area contributed by atoms with Gasteiger partial charge in [0, 0.05) is 43.5 Å². The third kappa shape index (κ3) is 4.03. The predicted molar refractivity (Wildman–Crippen MR) is 132 cm³/mol. The number of imidazole rings is 1. The minimum Gasteiger partial charge on any atom is -0.355 e. The molecule has 2 aromatic carbocycles. The highest BCUT2D eigenvalue weighted by molar-refractivity contribution is 7.23. The zero-order valence-electron chi connectivity index (χ0n) is 19.0. The van der Waals surface area contributed by atoms with E-state index in [1.54, 1.807) is 37.2 Å². The maximum atomic E-state index is 12.9. The van der Waals surface area contributed by atoms with Crippen molar-refractivity contribution in [2.45, 2.75) is 25.3 Å². The Morgan fingerprint density at radius 2 is 1.82 bits per heavy atom. The summed E-state index contributed by atoms with van der Waals surface area (Å²) in [6.45, 7) is 0.729. The fourth-order valence-electron chi connectivity index (χ4n) is 4.29. The summed E-state index contributed by atoms with van der Waals surface area (Å²) in [7, 11) is 3.39. The lowest BCUT2D eigenvalue weighted by atomic mass is 10.1. The third-order valence-electron chi connectivity index (χ3n) is 6.24. The molecule has 4 aromatic rings. The number of nitrogens with one attached hydrogen (secondary N) is 2. The van der Waals surface area contributed by atoms with Gasteiger partial charge in [0.15, 0.2) is 4.96 Å². The molecule has 34 heavy (non-hydrogen) atoms. The highest BCUT2D eigenvalue weighted by atomic mass is 32.1. The van der Waals surface area contributed by atoms with Crippen LogP contribution in [0.5, 0.6) is 0 Å². The van der Waals surface area contributed by atoms with Gasteiger partial charge >= 0.3 is 0 Å². The molecule has 0 unspecified atom stereocenters. The second-order valence-electron chi connectivity index (χ2n) is 8.50. The molecule has 0 bridgehead atoms. The third-order valence-corrected chi connectivity index (χ3v) is 7.26. The number of likely N-dealkylation sites (tertiary alicyclic amines) is 1. The highest BCUT2D eigenvalue weighted by Crippen LogP contribution is 2.30. The maximum absolute atomic E-state index is 12.9. The van der Waals surface area contributed by atoms with Crippen molar-refractivity contribution in [2.75, 3.05) is 20.6 Å². The van der Waals surface area contributed by atoms with Gasteiger partial charge in [-0.25, -0.2) is 4.98 Å². The van der Waals surface area contributed by atoms with Gasteiger partial charge in [0.25, 0.3) is 11.8 Å². The lowest BCUT2D eigenvalue weighted by Gasteiger charge is -2.20. The fourth-order valence-corrected chi connectivity index (χ4v) is 5.34. The van der Waals surface area contributed by atoms with Gasteiger partial charge in [0.2, 0.25) is 5.91 Å². The van der Waals surface area contributed by atoms with Crippen molar-refractivity contribution in [1.29, 1.82) is 0 Å². The second-order valence-corrected chi connectivity index (χ2v) is 9.51. The molecule has 174 valence electrons. The second kappa shape index (κ2) is 8.90. The fraction of sp³-hybridized carbons (Fsp3) is 0.280. The van der Waals surface area contributed by atoms with E-state index in [-0.39, 0.29) is 17.7 Å². The number of carbonyl (C=O) groups excluding carboxylic acids is 3. The average molecular weight is 476 g/mol. The van der Waals surface area contributed by atoms with Gasteiger partial charge in [-0.05, 0) is 49.6 Å². The lowest BCUT2D eigenvalue weighted by molar-refractivity contribution is -0.131. The van der Waals surface area contributed by atoms with Gasteiger partial charge in [0.1, 0.15) is 6.04 Å². The number of benzene rings is 2. The Labute approximate surface area is 200 Å². The lowest BCUT2D eigenvalue weighted by Crippen LogP contribution is -2.46. The van der Waals surface area contributed by atoms with Crippen molar-refractivity contribution in [1.82, 2.24) is 24.9 Å². The van der Waals surface area contributed by atoms with E-state index in [9.17, 15) is 14.4 Å². The quantitative estimate of drug-likeness (QED) is 0.473. The molecule has 0 radical (unpaired) electrons. The predicted octanol–water partition coefficient (Wildman–Crippen LogP) is 3.32. The minimum absolute atomic E-state index is 0.0302. The Morgan fingerprint density at radius 3 is 2.59 bits per heavy atom. The number of thiazole rings is 1. The van der Waals surface area contributed by atoms with E-state index in [0.29, 0.717) is 17.5 Å². The van der Waals surface area contributed by atoms with Crippen LogP contribution in [0.1, 0.15) is 40.0 Å². The molecule has 1 aliphatic rings. The van der Waals surface area contributed by atoms with E-state index in [2.05, 4.69) is 10.6 Å². The van der Waals surface area contributed by atoms with Crippen LogP contribution in [0, 0.1) is 0 Å². The molecule has 5 rings (SSSR count). The molecule has 1 aliphatic heterocycles. The molecule has 3 heterocycles. The summed E-state index contributed by atoms with van der Waals surface area (Å²) < 4.78 is 2.95. The van der Waals surface area contributed by atoms with Crippen LogP contribution in [-0.4, -0.2) is 58.7 Å². The van der Waals surface area contributed by atoms with Crippen molar-refractivity contribution in [3.8, 4) is 11.3 Å². The number of aromatic nitrogens is 2. The van der Waals surface area contributed by atoms with Gasteiger partial charge in [-0.1, -0.05) is 23.5 Å². The molecule has 0 spiro atoms. The number of fused-ring (bicyclic) bond motifs is 3. The topological polar surface area (TPSA) is 95.8 Å². The molecule has 8 nitrogen and oxygen atoms in total. The molecule has 1 atom stereocenters. The number of carbonyl (C=O) groups is 3. The normalized spacial score (nSPS) is 16.6. The average Bonchev–Trinajstić information content (AvgIpc) is 3.37. The van der Waals surface area contributed by atoms with Gasteiger partial charge < -0.3 is 15.5 Å². The van der Waals surface area contributed by atoms with Crippen molar-refractivity contribution in [3.05, 3.63) is 59.8 Å². The van der Waals surface area contributed by atoms with Crippen LogP contribution in [0.25, 0.3) is 26.4 Å². The van der Waals surface area contributed by atoms with Gasteiger partial charge in [-0.3, -0.25) is 18.8 Å². The largest absolute Gasteiger partial charge is 0.355 e. The number of rotatable bonds is 4. The van der Waals surface area contributed by atoms with Crippen LogP contribution in [-0.2, 0) is 4.79 Å². The first-order valence-corrected chi connectivity index (χ1v) is 12.1. The van der Waals surface area contributed by atoms with E-state index >= 15 is 0 Å². The number of nitrogens with zero attached hydrogens (tertiary/aromatic N) is 3. The molecule has 0 saturated carbocycles.